The van der Waals surface area contributed by atoms with Crippen molar-refractivity contribution in [2.24, 2.45) is 0 Å². The van der Waals surface area contributed by atoms with E-state index in [1.807, 2.05) is 50.2 Å². The van der Waals surface area contributed by atoms with Gasteiger partial charge in [-0.15, -0.1) is 0 Å². The molecule has 0 heterocycles. The van der Waals surface area contributed by atoms with Crippen LogP contribution >= 0.6 is 0 Å². The Kier molecular flexibility index (Phi) is 6.67. The topological polar surface area (TPSA) is 41.6 Å². The van der Waals surface area contributed by atoms with E-state index in [9.17, 15) is 4.79 Å². The number of carbonyl (C=O) groups is 1. The first kappa shape index (κ1) is 17.9. The highest BCUT2D eigenvalue weighted by atomic mass is 16.5. The number of benzene rings is 2. The number of hydrogen-bond donors (Lipinski definition) is 1. The summed E-state index contributed by atoms with van der Waals surface area (Å²) in [7, 11) is 2.06. The highest BCUT2D eigenvalue weighted by Crippen LogP contribution is 2.19. The van der Waals surface area contributed by atoms with Crippen molar-refractivity contribution >= 4 is 11.6 Å². The molecule has 0 saturated heterocycles. The fraction of sp³-hybridized carbons (Fsp3) is 0.350. The van der Waals surface area contributed by atoms with Crippen LogP contribution in [0.2, 0.25) is 0 Å². The fourth-order valence-corrected chi connectivity index (χ4v) is 2.44. The van der Waals surface area contributed by atoms with Gasteiger partial charge in [0.1, 0.15) is 5.75 Å². The number of para-hydroxylation sites is 2. The summed E-state index contributed by atoms with van der Waals surface area (Å²) in [5.74, 6) is 0.542. The molecule has 0 radical (unpaired) electrons. The molecule has 2 aromatic carbocycles. The number of amides is 1. The van der Waals surface area contributed by atoms with Crippen molar-refractivity contribution in [3.63, 3.8) is 0 Å². The maximum atomic E-state index is 12.4. The standard InChI is InChI=1S/C20H26N2O2/c1-16(2)24-19-13-8-7-12-18(19)20(23)21-14-9-15-22(3)17-10-5-4-6-11-17/h4-8,10-13,16H,9,14-15H2,1-3H3,(H,21,23). The monoisotopic (exact) mass is 326 g/mol. The molecule has 128 valence electrons. The van der Waals surface area contributed by atoms with E-state index in [0.29, 0.717) is 17.9 Å². The van der Waals surface area contributed by atoms with E-state index in [4.69, 9.17) is 4.74 Å². The molecule has 0 aromatic heterocycles. The van der Waals surface area contributed by atoms with Crippen LogP contribution in [0.3, 0.4) is 0 Å². The zero-order valence-electron chi connectivity index (χ0n) is 14.7. The molecule has 0 saturated carbocycles. The molecule has 4 nitrogen and oxygen atoms in total. The Labute approximate surface area is 144 Å². The van der Waals surface area contributed by atoms with Crippen molar-refractivity contribution in [2.45, 2.75) is 26.4 Å². The van der Waals surface area contributed by atoms with Gasteiger partial charge in [-0.3, -0.25) is 4.79 Å². The molecule has 0 aliphatic heterocycles. The number of nitrogens with zero attached hydrogens (tertiary/aromatic N) is 1. The molecule has 0 aliphatic carbocycles. The van der Waals surface area contributed by atoms with Crippen LogP contribution in [0.25, 0.3) is 0 Å². The number of rotatable bonds is 8. The smallest absolute Gasteiger partial charge is 0.255 e. The van der Waals surface area contributed by atoms with Crippen LogP contribution in [-0.2, 0) is 0 Å². The second-order valence-corrected chi connectivity index (χ2v) is 6.03. The lowest BCUT2D eigenvalue weighted by molar-refractivity contribution is 0.0947. The highest BCUT2D eigenvalue weighted by molar-refractivity contribution is 5.96. The second-order valence-electron chi connectivity index (χ2n) is 6.03. The maximum Gasteiger partial charge on any atom is 0.255 e. The summed E-state index contributed by atoms with van der Waals surface area (Å²) in [6.45, 7) is 5.42. The van der Waals surface area contributed by atoms with Crippen LogP contribution in [0.1, 0.15) is 30.6 Å². The molecule has 1 N–H and O–H groups in total. The van der Waals surface area contributed by atoms with Crippen molar-refractivity contribution < 1.29 is 9.53 Å². The van der Waals surface area contributed by atoms with Crippen LogP contribution in [0.15, 0.2) is 54.6 Å². The first-order chi connectivity index (χ1) is 11.6. The molecule has 2 rings (SSSR count). The van der Waals surface area contributed by atoms with Gasteiger partial charge in [0.25, 0.3) is 5.91 Å². The van der Waals surface area contributed by atoms with Gasteiger partial charge >= 0.3 is 0 Å². The summed E-state index contributed by atoms with van der Waals surface area (Å²) < 4.78 is 5.70. The van der Waals surface area contributed by atoms with Crippen LogP contribution in [0, 0.1) is 0 Å². The lowest BCUT2D eigenvalue weighted by Crippen LogP contribution is -2.28. The van der Waals surface area contributed by atoms with Gasteiger partial charge in [0.15, 0.2) is 0 Å². The Morgan fingerprint density at radius 1 is 1.08 bits per heavy atom. The molecule has 0 bridgehead atoms. The van der Waals surface area contributed by atoms with E-state index < -0.39 is 0 Å². The van der Waals surface area contributed by atoms with Crippen LogP contribution in [-0.4, -0.2) is 32.1 Å². The lowest BCUT2D eigenvalue weighted by Gasteiger charge is -2.19. The summed E-state index contributed by atoms with van der Waals surface area (Å²) in [5, 5.41) is 2.97. The second kappa shape index (κ2) is 8.96. The van der Waals surface area contributed by atoms with E-state index in [1.165, 1.54) is 5.69 Å². The summed E-state index contributed by atoms with van der Waals surface area (Å²) >= 11 is 0. The van der Waals surface area contributed by atoms with Crippen molar-refractivity contribution in [1.29, 1.82) is 0 Å². The van der Waals surface area contributed by atoms with Gasteiger partial charge in [0.05, 0.1) is 11.7 Å². The minimum absolute atomic E-state index is 0.0403. The minimum atomic E-state index is -0.0892. The van der Waals surface area contributed by atoms with Crippen LogP contribution in [0.4, 0.5) is 5.69 Å². The molecule has 0 spiro atoms. The Hall–Kier alpha value is -2.49. The van der Waals surface area contributed by atoms with Crippen molar-refractivity contribution in [3.05, 3.63) is 60.2 Å². The first-order valence-corrected chi connectivity index (χ1v) is 8.38. The molecule has 2 aromatic rings. The zero-order chi connectivity index (χ0) is 17.4. The SMILES string of the molecule is CC(C)Oc1ccccc1C(=O)NCCCN(C)c1ccccc1. The summed E-state index contributed by atoms with van der Waals surface area (Å²) in [6, 6.07) is 17.6. The molecule has 4 heteroatoms. The lowest BCUT2D eigenvalue weighted by atomic mass is 10.2. The van der Waals surface area contributed by atoms with Crippen molar-refractivity contribution in [3.8, 4) is 5.75 Å². The van der Waals surface area contributed by atoms with Gasteiger partial charge < -0.3 is 15.0 Å². The highest BCUT2D eigenvalue weighted by Gasteiger charge is 2.12. The molecular formula is C20H26N2O2. The molecule has 1 amide bonds. The van der Waals surface area contributed by atoms with Gasteiger partial charge in [-0.1, -0.05) is 30.3 Å². The van der Waals surface area contributed by atoms with E-state index in [2.05, 4.69) is 29.4 Å². The average molecular weight is 326 g/mol. The maximum absolute atomic E-state index is 12.4. The van der Waals surface area contributed by atoms with Crippen LogP contribution in [0.5, 0.6) is 5.75 Å². The average Bonchev–Trinajstić information content (AvgIpc) is 2.59. The van der Waals surface area contributed by atoms with Gasteiger partial charge in [-0.25, -0.2) is 0 Å². The Balaban J connectivity index is 1.81. The first-order valence-electron chi connectivity index (χ1n) is 8.38. The molecule has 0 unspecified atom stereocenters. The largest absolute Gasteiger partial charge is 0.490 e. The normalized spacial score (nSPS) is 10.5. The van der Waals surface area contributed by atoms with Crippen molar-refractivity contribution in [1.82, 2.24) is 5.32 Å². The Morgan fingerprint density at radius 2 is 1.75 bits per heavy atom. The fourth-order valence-electron chi connectivity index (χ4n) is 2.44. The summed E-state index contributed by atoms with van der Waals surface area (Å²) in [4.78, 5) is 14.5. The van der Waals surface area contributed by atoms with Crippen molar-refractivity contribution in [2.75, 3.05) is 25.0 Å². The van der Waals surface area contributed by atoms with E-state index in [1.54, 1.807) is 6.07 Å². The molecular weight excluding hydrogens is 300 g/mol. The number of anilines is 1. The number of ether oxygens (including phenoxy) is 1. The predicted octanol–water partition coefficient (Wildman–Crippen LogP) is 3.73. The molecule has 0 aliphatic rings. The molecule has 24 heavy (non-hydrogen) atoms. The minimum Gasteiger partial charge on any atom is -0.490 e. The zero-order valence-corrected chi connectivity index (χ0v) is 14.7. The van der Waals surface area contributed by atoms with Gasteiger partial charge in [-0.2, -0.15) is 0 Å². The van der Waals surface area contributed by atoms with E-state index in [-0.39, 0.29) is 12.0 Å². The van der Waals surface area contributed by atoms with E-state index in [0.717, 1.165) is 13.0 Å². The third kappa shape index (κ3) is 5.30. The molecule has 0 fully saturated rings. The number of hydrogen-bond acceptors (Lipinski definition) is 3. The Bertz CT molecular complexity index is 641. The quantitative estimate of drug-likeness (QED) is 0.752. The Morgan fingerprint density at radius 3 is 2.46 bits per heavy atom. The predicted molar refractivity (Wildman–Crippen MR) is 98.9 cm³/mol. The van der Waals surface area contributed by atoms with Gasteiger partial charge in [0, 0.05) is 25.8 Å². The van der Waals surface area contributed by atoms with Crippen LogP contribution < -0.4 is 15.0 Å². The van der Waals surface area contributed by atoms with Gasteiger partial charge in [-0.05, 0) is 44.5 Å². The van der Waals surface area contributed by atoms with E-state index >= 15 is 0 Å². The number of nitrogens with one attached hydrogen (secondary N) is 1. The third-order valence-electron chi connectivity index (χ3n) is 3.65. The summed E-state index contributed by atoms with van der Waals surface area (Å²) in [6.07, 6.45) is 0.920. The summed E-state index contributed by atoms with van der Waals surface area (Å²) in [5.41, 5.74) is 1.77. The third-order valence-corrected chi connectivity index (χ3v) is 3.65. The number of carbonyl (C=O) groups excluding carboxylic acids is 1. The van der Waals surface area contributed by atoms with Gasteiger partial charge in [0.2, 0.25) is 0 Å². The molecule has 0 atom stereocenters.